The predicted octanol–water partition coefficient (Wildman–Crippen LogP) is 5.99. The van der Waals surface area contributed by atoms with Gasteiger partial charge in [-0.15, -0.1) is 11.3 Å². The van der Waals surface area contributed by atoms with Gasteiger partial charge in [0.25, 0.3) is 5.91 Å². The van der Waals surface area contributed by atoms with Gasteiger partial charge in [-0.25, -0.2) is 0 Å². The van der Waals surface area contributed by atoms with E-state index in [2.05, 4.69) is 36.2 Å². The van der Waals surface area contributed by atoms with E-state index >= 15 is 0 Å². The fourth-order valence-corrected chi connectivity index (χ4v) is 5.92. The molecule has 1 amide bonds. The zero-order valence-corrected chi connectivity index (χ0v) is 22.2. The van der Waals surface area contributed by atoms with Gasteiger partial charge in [-0.2, -0.15) is 0 Å². The van der Waals surface area contributed by atoms with Crippen molar-refractivity contribution in [2.45, 2.75) is 39.7 Å². The zero-order chi connectivity index (χ0) is 25.7. The Morgan fingerprint density at radius 3 is 2.33 bits per heavy atom. The van der Waals surface area contributed by atoms with Crippen molar-refractivity contribution >= 4 is 28.2 Å². The Labute approximate surface area is 217 Å². The number of esters is 1. The van der Waals surface area contributed by atoms with Crippen molar-refractivity contribution in [2.75, 3.05) is 32.1 Å². The summed E-state index contributed by atoms with van der Waals surface area (Å²) < 4.78 is 10.7. The number of methoxy groups -OCH3 is 1. The number of hydrogen-bond acceptors (Lipinski definition) is 6. The summed E-state index contributed by atoms with van der Waals surface area (Å²) in [5.74, 6) is 0.513. The van der Waals surface area contributed by atoms with Crippen LogP contribution in [0, 0.1) is 19.8 Å². The largest absolute Gasteiger partial charge is 0.497 e. The maximum Gasteiger partial charge on any atom is 0.309 e. The molecule has 36 heavy (non-hydrogen) atoms. The average molecular weight is 507 g/mol. The van der Waals surface area contributed by atoms with Gasteiger partial charge in [-0.1, -0.05) is 30.3 Å². The maximum atomic E-state index is 13.1. The summed E-state index contributed by atoms with van der Waals surface area (Å²) in [5.41, 5.74) is 4.04. The van der Waals surface area contributed by atoms with Crippen molar-refractivity contribution in [1.82, 2.24) is 4.90 Å². The number of thiophene rings is 1. The van der Waals surface area contributed by atoms with Crippen LogP contribution in [0.4, 0.5) is 5.00 Å². The highest BCUT2D eigenvalue weighted by molar-refractivity contribution is 7.16. The number of carbonyl (C=O) groups excluding carboxylic acids is 2. The van der Waals surface area contributed by atoms with Gasteiger partial charge < -0.3 is 14.8 Å². The van der Waals surface area contributed by atoms with Crippen molar-refractivity contribution in [3.8, 4) is 5.75 Å². The van der Waals surface area contributed by atoms with Gasteiger partial charge in [0, 0.05) is 16.0 Å². The van der Waals surface area contributed by atoms with Gasteiger partial charge in [0.1, 0.15) is 10.8 Å². The second-order valence-corrected chi connectivity index (χ2v) is 10.3. The van der Waals surface area contributed by atoms with E-state index in [4.69, 9.17) is 9.47 Å². The van der Waals surface area contributed by atoms with Crippen LogP contribution in [0.25, 0.3) is 0 Å². The van der Waals surface area contributed by atoms with Crippen LogP contribution < -0.4 is 10.1 Å². The second-order valence-electron chi connectivity index (χ2n) is 9.08. The van der Waals surface area contributed by atoms with E-state index in [-0.39, 0.29) is 23.8 Å². The standard InChI is InChI=1S/C29H34N2O4S/c1-5-35-29(33)23-15-17-31(18-16-23)26(21-11-13-24(34-4)14-12-21)25-19(2)20(3)36-28(25)30-27(32)22-9-7-6-8-10-22/h6-14,23,26H,5,15-18H2,1-4H3,(H,30,32)/t26-/m0/s1. The lowest BCUT2D eigenvalue weighted by atomic mass is 9.90. The molecule has 0 unspecified atom stereocenters. The Kier molecular flexibility index (Phi) is 8.44. The molecule has 0 radical (unpaired) electrons. The number of nitrogens with zero attached hydrogens (tertiary/aromatic N) is 1. The first-order chi connectivity index (χ1) is 17.4. The van der Waals surface area contributed by atoms with E-state index in [0.717, 1.165) is 47.8 Å². The number of anilines is 1. The molecule has 1 atom stereocenters. The quantitative estimate of drug-likeness (QED) is 0.380. The first-order valence-electron chi connectivity index (χ1n) is 12.4. The number of amides is 1. The van der Waals surface area contributed by atoms with Crippen LogP contribution in [-0.2, 0) is 9.53 Å². The monoisotopic (exact) mass is 506 g/mol. The van der Waals surface area contributed by atoms with E-state index in [9.17, 15) is 9.59 Å². The van der Waals surface area contributed by atoms with Crippen LogP contribution in [-0.4, -0.2) is 43.6 Å². The minimum Gasteiger partial charge on any atom is -0.497 e. The van der Waals surface area contributed by atoms with Crippen molar-refractivity contribution in [3.05, 3.63) is 81.7 Å². The van der Waals surface area contributed by atoms with E-state index < -0.39 is 0 Å². The molecule has 1 aromatic heterocycles. The Morgan fingerprint density at radius 1 is 1.06 bits per heavy atom. The normalized spacial score (nSPS) is 15.3. The number of piperidine rings is 1. The third-order valence-electron chi connectivity index (χ3n) is 6.91. The lowest BCUT2D eigenvalue weighted by Gasteiger charge is -2.38. The Bertz CT molecular complexity index is 1180. The fraction of sp³-hybridized carbons (Fsp3) is 0.379. The number of hydrogen-bond donors (Lipinski definition) is 1. The minimum absolute atomic E-state index is 0.0601. The maximum absolute atomic E-state index is 13.1. The van der Waals surface area contributed by atoms with Gasteiger partial charge in [0.05, 0.1) is 25.7 Å². The second kappa shape index (κ2) is 11.7. The molecule has 0 aliphatic carbocycles. The van der Waals surface area contributed by atoms with E-state index in [0.29, 0.717) is 12.2 Å². The topological polar surface area (TPSA) is 67.9 Å². The molecule has 0 saturated carbocycles. The highest BCUT2D eigenvalue weighted by Gasteiger charge is 2.34. The van der Waals surface area contributed by atoms with Gasteiger partial charge in [0.15, 0.2) is 0 Å². The van der Waals surface area contributed by atoms with Gasteiger partial charge >= 0.3 is 5.97 Å². The molecule has 3 aromatic rings. The van der Waals surface area contributed by atoms with Crippen LogP contribution in [0.3, 0.4) is 0 Å². The molecule has 2 aromatic carbocycles. The average Bonchev–Trinajstić information content (AvgIpc) is 3.18. The number of carbonyl (C=O) groups is 2. The van der Waals surface area contributed by atoms with Crippen LogP contribution >= 0.6 is 11.3 Å². The fourth-order valence-electron chi connectivity index (χ4n) is 4.83. The number of ether oxygens (including phenoxy) is 2. The highest BCUT2D eigenvalue weighted by atomic mass is 32.1. The molecule has 7 heteroatoms. The minimum atomic E-state index is -0.118. The summed E-state index contributed by atoms with van der Waals surface area (Å²) in [6.07, 6.45) is 1.50. The Hall–Kier alpha value is -3.16. The van der Waals surface area contributed by atoms with Crippen LogP contribution in [0.5, 0.6) is 5.75 Å². The summed E-state index contributed by atoms with van der Waals surface area (Å²) in [5, 5.41) is 4.07. The lowest BCUT2D eigenvalue weighted by Crippen LogP contribution is -2.40. The molecule has 1 fully saturated rings. The predicted molar refractivity (Wildman–Crippen MR) is 144 cm³/mol. The molecule has 0 bridgehead atoms. The van der Waals surface area contributed by atoms with Crippen LogP contribution in [0.15, 0.2) is 54.6 Å². The van der Waals surface area contributed by atoms with Gasteiger partial charge in [-0.05, 0) is 82.1 Å². The molecule has 1 aliphatic heterocycles. The van der Waals surface area contributed by atoms with Crippen molar-refractivity contribution in [2.24, 2.45) is 5.92 Å². The van der Waals surface area contributed by atoms with E-state index in [1.54, 1.807) is 18.4 Å². The number of likely N-dealkylation sites (tertiary alicyclic amines) is 1. The molecular formula is C29H34N2O4S. The molecular weight excluding hydrogens is 472 g/mol. The number of rotatable bonds is 8. The van der Waals surface area contributed by atoms with Crippen LogP contribution in [0.2, 0.25) is 0 Å². The summed E-state index contributed by atoms with van der Waals surface area (Å²) in [6, 6.07) is 17.4. The van der Waals surface area contributed by atoms with Gasteiger partial charge in [-0.3, -0.25) is 14.5 Å². The summed E-state index contributed by atoms with van der Waals surface area (Å²) in [7, 11) is 1.66. The molecule has 0 spiro atoms. The molecule has 6 nitrogen and oxygen atoms in total. The highest BCUT2D eigenvalue weighted by Crippen LogP contribution is 2.43. The molecule has 1 aliphatic rings. The smallest absolute Gasteiger partial charge is 0.309 e. The summed E-state index contributed by atoms with van der Waals surface area (Å²) in [6.45, 7) is 8.01. The van der Waals surface area contributed by atoms with E-state index in [1.165, 1.54) is 10.4 Å². The zero-order valence-electron chi connectivity index (χ0n) is 21.4. The summed E-state index contributed by atoms with van der Waals surface area (Å²) in [4.78, 5) is 29.0. The van der Waals surface area contributed by atoms with Crippen molar-refractivity contribution in [3.63, 3.8) is 0 Å². The Morgan fingerprint density at radius 2 is 1.72 bits per heavy atom. The SMILES string of the molecule is CCOC(=O)C1CCN([C@@H](c2ccc(OC)cc2)c2c(NC(=O)c3ccccc3)sc(C)c2C)CC1. The number of nitrogens with one attached hydrogen (secondary N) is 1. The first kappa shape index (κ1) is 25.9. The third-order valence-corrected chi connectivity index (χ3v) is 8.05. The summed E-state index contributed by atoms with van der Waals surface area (Å²) >= 11 is 1.61. The molecule has 1 N–H and O–H groups in total. The lowest BCUT2D eigenvalue weighted by molar-refractivity contribution is -0.149. The Balaban J connectivity index is 1.69. The number of aryl methyl sites for hydroxylation is 1. The van der Waals surface area contributed by atoms with Crippen molar-refractivity contribution in [1.29, 1.82) is 0 Å². The third kappa shape index (κ3) is 5.63. The first-order valence-corrected chi connectivity index (χ1v) is 13.3. The van der Waals surface area contributed by atoms with Gasteiger partial charge in [0.2, 0.25) is 0 Å². The van der Waals surface area contributed by atoms with E-state index in [1.807, 2.05) is 49.4 Å². The molecule has 190 valence electrons. The molecule has 2 heterocycles. The van der Waals surface area contributed by atoms with Crippen LogP contribution in [0.1, 0.15) is 57.7 Å². The van der Waals surface area contributed by atoms with Crippen molar-refractivity contribution < 1.29 is 19.1 Å². The molecule has 4 rings (SSSR count). The molecule has 1 saturated heterocycles. The number of benzene rings is 2.